The van der Waals surface area contributed by atoms with E-state index in [2.05, 4.69) is 40.6 Å². The van der Waals surface area contributed by atoms with E-state index in [1.165, 1.54) is 11.1 Å². The van der Waals surface area contributed by atoms with Crippen LogP contribution in [-0.2, 0) is 19.6 Å². The molecule has 0 spiro atoms. The zero-order chi connectivity index (χ0) is 28.6. The minimum Gasteiger partial charge on any atom is -0.488 e. The summed E-state index contributed by atoms with van der Waals surface area (Å²) in [6.07, 6.45) is 4.08. The molecule has 2 N–H and O–H groups in total. The van der Waals surface area contributed by atoms with Crippen LogP contribution in [0.1, 0.15) is 46.1 Å². The molecule has 0 saturated heterocycles. The van der Waals surface area contributed by atoms with Crippen LogP contribution in [0.5, 0.6) is 5.75 Å². The number of carbonyl (C=O) groups excluding carboxylic acids is 1. The molecule has 41 heavy (non-hydrogen) atoms. The van der Waals surface area contributed by atoms with Gasteiger partial charge in [0.05, 0.1) is 11.3 Å². The highest BCUT2D eigenvalue weighted by Gasteiger charge is 2.23. The van der Waals surface area contributed by atoms with Crippen molar-refractivity contribution in [3.05, 3.63) is 125 Å². The summed E-state index contributed by atoms with van der Waals surface area (Å²) in [5.74, 6) is 0.727. The van der Waals surface area contributed by atoms with Gasteiger partial charge in [-0.05, 0) is 71.0 Å². The maximum absolute atomic E-state index is 13.1. The van der Waals surface area contributed by atoms with Gasteiger partial charge in [-0.25, -0.2) is 4.79 Å². The Morgan fingerprint density at radius 2 is 1.76 bits per heavy atom. The molecule has 2 aromatic carbocycles. The largest absolute Gasteiger partial charge is 0.488 e. The van der Waals surface area contributed by atoms with Crippen LogP contribution in [0.2, 0.25) is 0 Å². The third kappa shape index (κ3) is 7.19. The average Bonchev–Trinajstić information content (AvgIpc) is 3.62. The lowest BCUT2D eigenvalue weighted by Crippen LogP contribution is -2.35. The lowest BCUT2D eigenvalue weighted by Gasteiger charge is -2.28. The number of aromatic nitrogens is 1. The van der Waals surface area contributed by atoms with E-state index in [0.29, 0.717) is 38.1 Å². The molecular formula is C34H33N3O4. The molecule has 3 aliphatic rings. The molecule has 0 unspecified atom stereocenters. The first-order chi connectivity index (χ1) is 20.0. The first-order valence-corrected chi connectivity index (χ1v) is 13.8. The van der Waals surface area contributed by atoms with E-state index in [9.17, 15) is 9.59 Å². The number of hydrogen-bond donors (Lipinski definition) is 2. The van der Waals surface area contributed by atoms with Crippen LogP contribution in [0.3, 0.4) is 0 Å². The Morgan fingerprint density at radius 1 is 0.951 bits per heavy atom. The fraction of sp³-hybridized carbons (Fsp3) is 0.206. The van der Waals surface area contributed by atoms with Gasteiger partial charge >= 0.3 is 6.09 Å². The molecule has 0 fully saturated rings. The fourth-order valence-electron chi connectivity index (χ4n) is 4.84. The highest BCUT2D eigenvalue weighted by molar-refractivity contribution is 5.96. The number of nitrogens with zero attached hydrogens (tertiary/aromatic N) is 2. The van der Waals surface area contributed by atoms with Gasteiger partial charge in [0.2, 0.25) is 0 Å². The van der Waals surface area contributed by atoms with Gasteiger partial charge in [0.25, 0.3) is 5.91 Å². The number of hydrogen-bond acceptors (Lipinski definition) is 4. The number of benzene rings is 3. The van der Waals surface area contributed by atoms with Crippen molar-refractivity contribution in [2.75, 3.05) is 13.1 Å². The van der Waals surface area contributed by atoms with E-state index in [-0.39, 0.29) is 12.5 Å². The molecule has 7 heteroatoms. The molecule has 2 amide bonds. The monoisotopic (exact) mass is 547 g/mol. The van der Waals surface area contributed by atoms with E-state index in [1.807, 2.05) is 66.4 Å². The molecular weight excluding hydrogens is 514 g/mol. The van der Waals surface area contributed by atoms with Crippen molar-refractivity contribution >= 4 is 17.6 Å². The SMILES string of the molecule is CCc1ncccc1C(=O)N1CC=C(c2cc(CNC(=O)O)ccc2OCc2ccccc2)CC1.c1cc2cc-2c1. The number of pyridine rings is 1. The van der Waals surface area contributed by atoms with Gasteiger partial charge < -0.3 is 20.1 Å². The predicted molar refractivity (Wildman–Crippen MR) is 160 cm³/mol. The maximum atomic E-state index is 13.1. The smallest absolute Gasteiger partial charge is 0.404 e. The molecule has 1 aliphatic heterocycles. The van der Waals surface area contributed by atoms with Crippen LogP contribution in [0.4, 0.5) is 4.79 Å². The zero-order valence-corrected chi connectivity index (χ0v) is 23.0. The number of rotatable bonds is 8. The van der Waals surface area contributed by atoms with E-state index < -0.39 is 6.09 Å². The van der Waals surface area contributed by atoms with Crippen molar-refractivity contribution in [1.82, 2.24) is 15.2 Å². The molecule has 2 aliphatic carbocycles. The van der Waals surface area contributed by atoms with Gasteiger partial charge in [-0.2, -0.15) is 0 Å². The Hall–Kier alpha value is -4.91. The predicted octanol–water partition coefficient (Wildman–Crippen LogP) is 6.59. The molecule has 2 heterocycles. The molecule has 0 radical (unpaired) electrons. The van der Waals surface area contributed by atoms with Crippen molar-refractivity contribution in [1.29, 1.82) is 0 Å². The number of carboxylic acid groups (broad SMARTS) is 1. The van der Waals surface area contributed by atoms with Crippen molar-refractivity contribution < 1.29 is 19.4 Å². The van der Waals surface area contributed by atoms with Crippen molar-refractivity contribution in [3.8, 4) is 16.9 Å². The number of nitrogens with one attached hydrogen (secondary N) is 1. The normalized spacial score (nSPS) is 12.9. The highest BCUT2D eigenvalue weighted by atomic mass is 16.5. The molecule has 0 atom stereocenters. The van der Waals surface area contributed by atoms with Gasteiger partial charge in [-0.15, -0.1) is 0 Å². The summed E-state index contributed by atoms with van der Waals surface area (Å²) in [7, 11) is 0. The zero-order valence-electron chi connectivity index (χ0n) is 23.0. The minimum absolute atomic E-state index is 0.00906. The molecule has 3 aromatic rings. The van der Waals surface area contributed by atoms with E-state index >= 15 is 0 Å². The third-order valence-corrected chi connectivity index (χ3v) is 7.14. The standard InChI is InChI=1S/C28H29N3O4.C6H4/c1-2-25-23(9-6-14-29-25)27(32)31-15-12-22(13-16-31)24-17-21(18-30-28(33)34)10-11-26(24)35-19-20-7-4-3-5-8-20;1-2-5-4-6(5)3-1/h3-12,14,17,30H,2,13,15-16,18-19H2,1H3,(H,33,34);1-4H. The average molecular weight is 548 g/mol. The van der Waals surface area contributed by atoms with Gasteiger partial charge in [-0.1, -0.05) is 67.6 Å². The summed E-state index contributed by atoms with van der Waals surface area (Å²) < 4.78 is 6.16. The second kappa shape index (κ2) is 13.0. The summed E-state index contributed by atoms with van der Waals surface area (Å²) in [6.45, 7) is 3.70. The van der Waals surface area contributed by atoms with Crippen LogP contribution in [0, 0.1) is 0 Å². The van der Waals surface area contributed by atoms with Crippen molar-refractivity contribution in [2.45, 2.75) is 32.9 Å². The van der Waals surface area contributed by atoms with Crippen LogP contribution in [-0.4, -0.2) is 40.1 Å². The highest BCUT2D eigenvalue weighted by Crippen LogP contribution is 2.33. The number of fused-ring (bicyclic) bond motifs is 1. The van der Waals surface area contributed by atoms with Crippen LogP contribution in [0.25, 0.3) is 16.7 Å². The molecule has 1 aromatic heterocycles. The second-order valence-electron chi connectivity index (χ2n) is 9.93. The number of carbonyl (C=O) groups is 2. The minimum atomic E-state index is -1.07. The van der Waals surface area contributed by atoms with E-state index in [4.69, 9.17) is 9.84 Å². The molecule has 0 saturated carbocycles. The van der Waals surface area contributed by atoms with Gasteiger partial charge in [0.15, 0.2) is 0 Å². The summed E-state index contributed by atoms with van der Waals surface area (Å²) in [5.41, 5.74) is 8.22. The van der Waals surface area contributed by atoms with Gasteiger partial charge in [0.1, 0.15) is 12.4 Å². The summed E-state index contributed by atoms with van der Waals surface area (Å²) >= 11 is 0. The van der Waals surface area contributed by atoms with Crippen LogP contribution < -0.4 is 10.1 Å². The van der Waals surface area contributed by atoms with Crippen molar-refractivity contribution in [3.63, 3.8) is 0 Å². The van der Waals surface area contributed by atoms with Crippen LogP contribution >= 0.6 is 0 Å². The Bertz CT molecular complexity index is 1550. The third-order valence-electron chi connectivity index (χ3n) is 7.14. The Labute approximate surface area is 240 Å². The number of aryl methyl sites for hydroxylation is 1. The fourth-order valence-corrected chi connectivity index (χ4v) is 4.84. The lowest BCUT2D eigenvalue weighted by atomic mass is 9.96. The summed E-state index contributed by atoms with van der Waals surface area (Å²) in [6, 6.07) is 27.8. The second-order valence-corrected chi connectivity index (χ2v) is 9.93. The van der Waals surface area contributed by atoms with Crippen LogP contribution in [0.15, 0.2) is 97.2 Å². The van der Waals surface area contributed by atoms with Gasteiger partial charge in [0, 0.05) is 31.4 Å². The first kappa shape index (κ1) is 27.6. The molecule has 0 bridgehead atoms. The lowest BCUT2D eigenvalue weighted by molar-refractivity contribution is 0.0771. The quantitative estimate of drug-likeness (QED) is 0.229. The number of amides is 2. The summed E-state index contributed by atoms with van der Waals surface area (Å²) in [4.78, 5) is 30.3. The molecule has 7 nitrogen and oxygen atoms in total. The summed E-state index contributed by atoms with van der Waals surface area (Å²) in [5, 5.41) is 11.4. The molecule has 208 valence electrons. The number of ether oxygens (including phenoxy) is 1. The topological polar surface area (TPSA) is 91.8 Å². The van der Waals surface area contributed by atoms with E-state index in [0.717, 1.165) is 33.7 Å². The Morgan fingerprint density at radius 3 is 2.39 bits per heavy atom. The Kier molecular flexibility index (Phi) is 8.74. The Balaban J connectivity index is 0.000000490. The van der Waals surface area contributed by atoms with E-state index in [1.54, 1.807) is 12.3 Å². The molecule has 6 rings (SSSR count). The maximum Gasteiger partial charge on any atom is 0.404 e. The van der Waals surface area contributed by atoms with Gasteiger partial charge in [-0.3, -0.25) is 9.78 Å². The first-order valence-electron chi connectivity index (χ1n) is 13.8. The van der Waals surface area contributed by atoms with Crippen molar-refractivity contribution in [2.24, 2.45) is 0 Å².